The molecule has 3 aliphatic rings. The summed E-state index contributed by atoms with van der Waals surface area (Å²) in [6, 6.07) is 9.38. The number of fused-ring (bicyclic) bond motifs is 2. The molecule has 0 aromatic heterocycles. The highest BCUT2D eigenvalue weighted by Gasteiger charge is 2.34. The molecule has 16 heavy (non-hydrogen) atoms. The second-order valence-corrected chi connectivity index (χ2v) is 4.17. The van der Waals surface area contributed by atoms with Gasteiger partial charge in [-0.25, -0.2) is 5.06 Å². The van der Waals surface area contributed by atoms with E-state index in [9.17, 15) is 4.79 Å². The van der Waals surface area contributed by atoms with Gasteiger partial charge < -0.3 is 0 Å². The monoisotopic (exact) mass is 215 g/mol. The Hall–Kier alpha value is -1.61. The minimum Gasteiger partial charge on any atom is -0.267 e. The third-order valence-corrected chi connectivity index (χ3v) is 3.07. The summed E-state index contributed by atoms with van der Waals surface area (Å²) in [6.45, 7) is 0. The van der Waals surface area contributed by atoms with Gasteiger partial charge >= 0.3 is 0 Å². The maximum absolute atomic E-state index is 12.2. The number of carbonyl (C=O) groups is 1. The molecule has 0 N–H and O–H groups in total. The molecule has 0 spiro atoms. The van der Waals surface area contributed by atoms with Crippen molar-refractivity contribution in [2.24, 2.45) is 0 Å². The van der Waals surface area contributed by atoms with Crippen LogP contribution in [0.25, 0.3) is 0 Å². The Kier molecular flexibility index (Phi) is 2.26. The van der Waals surface area contributed by atoms with Gasteiger partial charge in [-0.15, -0.1) is 0 Å². The summed E-state index contributed by atoms with van der Waals surface area (Å²) < 4.78 is 0. The topological polar surface area (TPSA) is 29.5 Å². The van der Waals surface area contributed by atoms with Crippen molar-refractivity contribution in [1.82, 2.24) is 5.06 Å². The van der Waals surface area contributed by atoms with Gasteiger partial charge in [0.2, 0.25) is 0 Å². The second kappa shape index (κ2) is 3.76. The van der Waals surface area contributed by atoms with E-state index in [1.165, 1.54) is 5.06 Å². The first-order valence-electron chi connectivity index (χ1n) is 5.58. The normalized spacial score (nSPS) is 27.1. The zero-order chi connectivity index (χ0) is 11.0. The minimum atomic E-state index is -0.0420. The number of hydroxylamine groups is 2. The average Bonchev–Trinajstić information content (AvgIpc) is 2.40. The van der Waals surface area contributed by atoms with E-state index in [1.54, 1.807) is 0 Å². The van der Waals surface area contributed by atoms with Gasteiger partial charge in [-0.05, 0) is 25.0 Å². The van der Waals surface area contributed by atoms with Crippen LogP contribution in [0, 0.1) is 0 Å². The van der Waals surface area contributed by atoms with Crippen molar-refractivity contribution in [2.45, 2.75) is 25.0 Å². The van der Waals surface area contributed by atoms with Crippen LogP contribution in [0.15, 0.2) is 42.5 Å². The molecule has 1 aromatic rings. The maximum atomic E-state index is 12.2. The highest BCUT2D eigenvalue weighted by Crippen LogP contribution is 2.28. The zero-order valence-electron chi connectivity index (χ0n) is 8.87. The molecule has 82 valence electrons. The summed E-state index contributed by atoms with van der Waals surface area (Å²) in [4.78, 5) is 17.8. The van der Waals surface area contributed by atoms with Gasteiger partial charge in [0.1, 0.15) is 6.10 Å². The second-order valence-electron chi connectivity index (χ2n) is 4.17. The fourth-order valence-electron chi connectivity index (χ4n) is 2.19. The number of nitrogens with zero attached hydrogens (tertiary/aromatic N) is 1. The van der Waals surface area contributed by atoms with Crippen LogP contribution in [0.4, 0.5) is 0 Å². The predicted octanol–water partition coefficient (Wildman–Crippen LogP) is 2.16. The highest BCUT2D eigenvalue weighted by molar-refractivity contribution is 5.93. The smallest absolute Gasteiger partial charge is 0.267 e. The van der Waals surface area contributed by atoms with Gasteiger partial charge in [-0.2, -0.15) is 0 Å². The van der Waals surface area contributed by atoms with E-state index in [4.69, 9.17) is 4.84 Å². The fourth-order valence-corrected chi connectivity index (χ4v) is 2.19. The molecular formula is C13H13NO2. The van der Waals surface area contributed by atoms with Gasteiger partial charge in [0.15, 0.2) is 0 Å². The predicted molar refractivity (Wildman–Crippen MR) is 59.6 cm³/mol. The first kappa shape index (κ1) is 9.60. The van der Waals surface area contributed by atoms with E-state index in [1.807, 2.05) is 36.4 Å². The van der Waals surface area contributed by atoms with Gasteiger partial charge in [0.05, 0.1) is 6.04 Å². The molecule has 1 saturated heterocycles. The van der Waals surface area contributed by atoms with E-state index in [0.717, 1.165) is 12.8 Å². The molecule has 0 radical (unpaired) electrons. The van der Waals surface area contributed by atoms with Crippen LogP contribution in [-0.4, -0.2) is 23.1 Å². The molecule has 0 unspecified atom stereocenters. The Morgan fingerprint density at radius 1 is 1.19 bits per heavy atom. The zero-order valence-corrected chi connectivity index (χ0v) is 8.87. The van der Waals surface area contributed by atoms with Crippen molar-refractivity contribution in [1.29, 1.82) is 0 Å². The quantitative estimate of drug-likeness (QED) is 0.672. The van der Waals surface area contributed by atoms with Crippen molar-refractivity contribution in [3.63, 3.8) is 0 Å². The number of hydrogen-bond donors (Lipinski definition) is 0. The molecule has 1 amide bonds. The maximum Gasteiger partial charge on any atom is 0.278 e. The number of rotatable bonds is 1. The van der Waals surface area contributed by atoms with Gasteiger partial charge in [0.25, 0.3) is 5.91 Å². The lowest BCUT2D eigenvalue weighted by atomic mass is 9.98. The third kappa shape index (κ3) is 1.53. The lowest BCUT2D eigenvalue weighted by Crippen LogP contribution is -2.48. The van der Waals surface area contributed by atoms with E-state index in [0.29, 0.717) is 5.56 Å². The minimum absolute atomic E-state index is 0.0420. The van der Waals surface area contributed by atoms with Crippen LogP contribution in [0.2, 0.25) is 0 Å². The summed E-state index contributed by atoms with van der Waals surface area (Å²) in [5.41, 5.74) is 0.684. The van der Waals surface area contributed by atoms with Crippen molar-refractivity contribution >= 4 is 5.91 Å². The number of benzene rings is 1. The highest BCUT2D eigenvalue weighted by atomic mass is 16.7. The molecule has 2 atom stereocenters. The Balaban J connectivity index is 1.84. The van der Waals surface area contributed by atoms with Gasteiger partial charge in [-0.1, -0.05) is 30.4 Å². The number of amides is 1. The van der Waals surface area contributed by atoms with Crippen molar-refractivity contribution in [2.75, 3.05) is 0 Å². The molecule has 3 nitrogen and oxygen atoms in total. The van der Waals surface area contributed by atoms with Gasteiger partial charge in [-0.3, -0.25) is 9.63 Å². The van der Waals surface area contributed by atoms with E-state index in [-0.39, 0.29) is 18.1 Å². The van der Waals surface area contributed by atoms with Crippen LogP contribution >= 0.6 is 0 Å². The van der Waals surface area contributed by atoms with Crippen LogP contribution in [0.1, 0.15) is 23.2 Å². The van der Waals surface area contributed by atoms with E-state index < -0.39 is 0 Å². The SMILES string of the molecule is O=C(c1ccccc1)N1O[C@@H]2C=C[C@@H]1CC2. The first-order valence-corrected chi connectivity index (χ1v) is 5.58. The molecule has 3 heteroatoms. The van der Waals surface area contributed by atoms with Crippen molar-refractivity contribution in [3.8, 4) is 0 Å². The lowest BCUT2D eigenvalue weighted by Gasteiger charge is -2.40. The average molecular weight is 215 g/mol. The summed E-state index contributed by atoms with van der Waals surface area (Å²) in [5.74, 6) is -0.0420. The molecule has 4 rings (SSSR count). The Morgan fingerprint density at radius 2 is 2.00 bits per heavy atom. The molecule has 1 fully saturated rings. The summed E-state index contributed by atoms with van der Waals surface area (Å²) in [7, 11) is 0. The Bertz CT molecular complexity index is 427. The summed E-state index contributed by atoms with van der Waals surface area (Å²) in [5, 5.41) is 1.52. The Labute approximate surface area is 94.3 Å². The lowest BCUT2D eigenvalue weighted by molar-refractivity contribution is -0.197. The molecule has 0 saturated carbocycles. The number of carbonyl (C=O) groups excluding carboxylic acids is 1. The standard InChI is InChI=1S/C13H13NO2/c15-13(10-4-2-1-3-5-10)14-11-6-8-12(16-14)9-7-11/h1-6,8,11-12H,7,9H2/t11-,12-/m1/s1. The molecular weight excluding hydrogens is 202 g/mol. The first-order chi connectivity index (χ1) is 7.84. The molecule has 2 bridgehead atoms. The molecule has 1 aliphatic carbocycles. The number of hydrogen-bond acceptors (Lipinski definition) is 2. The van der Waals surface area contributed by atoms with Crippen LogP contribution < -0.4 is 0 Å². The summed E-state index contributed by atoms with van der Waals surface area (Å²) in [6.07, 6.45) is 6.21. The van der Waals surface area contributed by atoms with Gasteiger partial charge in [0, 0.05) is 5.56 Å². The van der Waals surface area contributed by atoms with Crippen molar-refractivity contribution < 1.29 is 9.63 Å². The van der Waals surface area contributed by atoms with Crippen LogP contribution in [0.5, 0.6) is 0 Å². The van der Waals surface area contributed by atoms with E-state index >= 15 is 0 Å². The van der Waals surface area contributed by atoms with Crippen LogP contribution in [0.3, 0.4) is 0 Å². The van der Waals surface area contributed by atoms with E-state index in [2.05, 4.69) is 6.08 Å². The third-order valence-electron chi connectivity index (χ3n) is 3.07. The molecule has 1 aromatic carbocycles. The molecule has 2 heterocycles. The Morgan fingerprint density at radius 3 is 2.56 bits per heavy atom. The molecule has 2 aliphatic heterocycles. The van der Waals surface area contributed by atoms with Crippen LogP contribution in [-0.2, 0) is 4.84 Å². The van der Waals surface area contributed by atoms with Crippen molar-refractivity contribution in [3.05, 3.63) is 48.0 Å². The summed E-state index contributed by atoms with van der Waals surface area (Å²) >= 11 is 0. The largest absolute Gasteiger partial charge is 0.278 e. The fraction of sp³-hybridized carbons (Fsp3) is 0.308.